The molecule has 1 aliphatic carbocycles. The zero-order valence-electron chi connectivity index (χ0n) is 14.1. The number of halogens is 2. The molecule has 117 valence electrons. The van der Waals surface area contributed by atoms with Crippen LogP contribution < -0.4 is 5.32 Å². The number of allylic oxidation sites excluding steroid dienone is 5. The van der Waals surface area contributed by atoms with Gasteiger partial charge in [0.15, 0.2) is 0 Å². The van der Waals surface area contributed by atoms with Crippen molar-refractivity contribution in [2.45, 2.75) is 64.7 Å². The number of hydrogen-bond acceptors (Lipinski definition) is 1. The summed E-state index contributed by atoms with van der Waals surface area (Å²) in [5, 5.41) is 5.93. The second-order valence-corrected chi connectivity index (χ2v) is 11.3. The molecule has 1 heterocycles. The number of rotatable bonds is 2. The van der Waals surface area contributed by atoms with Crippen LogP contribution in [0.25, 0.3) is 0 Å². The number of nitrogens with one attached hydrogen (secondary N) is 1. The van der Waals surface area contributed by atoms with Gasteiger partial charge >= 0.3 is 0 Å². The molecular weight excluding hydrogens is 317 g/mol. The number of hydrogen-bond donors (Lipinski definition) is 1. The molecular formula is C17H26Cl2NSi. The molecule has 0 bridgehead atoms. The van der Waals surface area contributed by atoms with Gasteiger partial charge in [-0.3, -0.25) is 5.32 Å². The van der Waals surface area contributed by atoms with Gasteiger partial charge in [-0.05, 0) is 59.1 Å². The lowest BCUT2D eigenvalue weighted by Gasteiger charge is -2.39. The van der Waals surface area contributed by atoms with E-state index in [1.54, 1.807) is 5.20 Å². The molecule has 0 spiro atoms. The third-order valence-corrected chi connectivity index (χ3v) is 9.72. The fourth-order valence-corrected chi connectivity index (χ4v) is 8.49. The van der Waals surface area contributed by atoms with E-state index in [2.05, 4.69) is 59.9 Å². The Morgan fingerprint density at radius 3 is 2.24 bits per heavy atom. The summed E-state index contributed by atoms with van der Waals surface area (Å²) in [6.45, 7) is 15.5. The first kappa shape index (κ1) is 17.3. The fourth-order valence-electron chi connectivity index (χ4n) is 3.42. The highest BCUT2D eigenvalue weighted by Gasteiger charge is 2.50. The van der Waals surface area contributed by atoms with Crippen molar-refractivity contribution in [3.05, 3.63) is 33.0 Å². The summed E-state index contributed by atoms with van der Waals surface area (Å²) < 4.78 is -0.583. The van der Waals surface area contributed by atoms with Crippen LogP contribution in [0, 0.1) is 5.92 Å². The van der Waals surface area contributed by atoms with Crippen LogP contribution >= 0.6 is 23.2 Å². The fraction of sp³-hybridized carbons (Fsp3) is 0.647. The molecule has 2 unspecified atom stereocenters. The van der Waals surface area contributed by atoms with Crippen LogP contribution in [-0.2, 0) is 0 Å². The Hall–Kier alpha value is -0.0231. The average Bonchev–Trinajstić information content (AvgIpc) is 2.71. The maximum atomic E-state index is 7.06. The molecule has 1 radical (unpaired) electrons. The highest BCUT2D eigenvalue weighted by atomic mass is 35.5. The van der Waals surface area contributed by atoms with Gasteiger partial charge in [-0.25, -0.2) is 0 Å². The van der Waals surface area contributed by atoms with Gasteiger partial charge in [0.05, 0.1) is 0 Å². The van der Waals surface area contributed by atoms with E-state index in [0.29, 0.717) is 5.92 Å². The summed E-state index contributed by atoms with van der Waals surface area (Å²) >= 11 is 13.6. The van der Waals surface area contributed by atoms with Gasteiger partial charge in [-0.1, -0.05) is 52.5 Å². The van der Waals surface area contributed by atoms with Gasteiger partial charge in [0.1, 0.15) is 13.4 Å². The Bertz CT molecular complexity index is 554. The molecule has 2 aliphatic rings. The minimum absolute atomic E-state index is 0.0657. The van der Waals surface area contributed by atoms with E-state index in [0.717, 1.165) is 11.1 Å². The molecule has 1 aliphatic heterocycles. The topological polar surface area (TPSA) is 12.0 Å². The molecule has 21 heavy (non-hydrogen) atoms. The van der Waals surface area contributed by atoms with E-state index in [1.807, 2.05) is 0 Å². The standard InChI is InChI=1S/C17H26Cl2NSi/c1-10-11(2)13(4)15(12(10)3)21-9-8-14(18)17(21,19)20-16(5,6)7/h8,12,20H,9H2,1-7H3. The molecule has 0 aromatic heterocycles. The first-order chi connectivity index (χ1) is 9.49. The van der Waals surface area contributed by atoms with Crippen LogP contribution in [0.1, 0.15) is 48.5 Å². The first-order valence-corrected chi connectivity index (χ1v) is 10.0. The molecule has 0 saturated heterocycles. The maximum Gasteiger partial charge on any atom is 0.136 e. The molecule has 0 amide bonds. The molecule has 0 saturated carbocycles. The molecule has 1 N–H and O–H groups in total. The van der Waals surface area contributed by atoms with Crippen LogP contribution in [0.5, 0.6) is 0 Å². The van der Waals surface area contributed by atoms with Gasteiger partial charge in [0.2, 0.25) is 0 Å². The molecule has 2 atom stereocenters. The summed E-state index contributed by atoms with van der Waals surface area (Å²) in [5.41, 5.74) is 4.30. The van der Waals surface area contributed by atoms with E-state index in [9.17, 15) is 0 Å². The molecule has 4 heteroatoms. The van der Waals surface area contributed by atoms with E-state index in [4.69, 9.17) is 23.2 Å². The molecule has 0 aromatic rings. The summed E-state index contributed by atoms with van der Waals surface area (Å²) in [6, 6.07) is 1.01. The van der Waals surface area contributed by atoms with Gasteiger partial charge in [-0.15, -0.1) is 0 Å². The van der Waals surface area contributed by atoms with Crippen molar-refractivity contribution in [1.82, 2.24) is 5.32 Å². The first-order valence-electron chi connectivity index (χ1n) is 7.58. The van der Waals surface area contributed by atoms with Crippen molar-refractivity contribution in [2.24, 2.45) is 5.92 Å². The summed E-state index contributed by atoms with van der Waals surface area (Å²) in [7, 11) is -1.00. The number of alkyl halides is 1. The maximum absolute atomic E-state index is 7.06. The third kappa shape index (κ3) is 2.93. The quantitative estimate of drug-likeness (QED) is 0.406. The second kappa shape index (κ2) is 5.56. The van der Waals surface area contributed by atoms with Crippen molar-refractivity contribution in [3.63, 3.8) is 0 Å². The van der Waals surface area contributed by atoms with Crippen LogP contribution in [0.15, 0.2) is 33.0 Å². The van der Waals surface area contributed by atoms with E-state index >= 15 is 0 Å². The zero-order valence-corrected chi connectivity index (χ0v) is 16.6. The van der Waals surface area contributed by atoms with Crippen molar-refractivity contribution in [2.75, 3.05) is 0 Å². The summed E-state index contributed by atoms with van der Waals surface area (Å²) in [6.07, 6.45) is 2.12. The lowest BCUT2D eigenvalue weighted by Crippen LogP contribution is -2.58. The smallest absolute Gasteiger partial charge is 0.136 e. The Labute approximate surface area is 141 Å². The Balaban J connectivity index is 2.42. The third-order valence-electron chi connectivity index (χ3n) is 4.74. The summed E-state index contributed by atoms with van der Waals surface area (Å²) in [5.74, 6) is 0.495. The minimum Gasteiger partial charge on any atom is -0.292 e. The zero-order chi connectivity index (χ0) is 16.2. The van der Waals surface area contributed by atoms with Crippen LogP contribution in [0.2, 0.25) is 6.04 Å². The van der Waals surface area contributed by atoms with Gasteiger partial charge in [0.25, 0.3) is 0 Å². The SMILES string of the molecule is CC1=C(C)C(C)C([Si]2CC=C(Cl)C2(Cl)NC(C)(C)C)=C1C. The van der Waals surface area contributed by atoms with Crippen LogP contribution in [0.3, 0.4) is 0 Å². The normalized spacial score (nSPS) is 31.5. The van der Waals surface area contributed by atoms with Crippen molar-refractivity contribution in [1.29, 1.82) is 0 Å². The lowest BCUT2D eigenvalue weighted by atomic mass is 10.1. The van der Waals surface area contributed by atoms with E-state index in [1.165, 1.54) is 16.7 Å². The predicted octanol–water partition coefficient (Wildman–Crippen LogP) is 5.32. The van der Waals surface area contributed by atoms with Crippen LogP contribution in [0.4, 0.5) is 0 Å². The largest absolute Gasteiger partial charge is 0.292 e. The van der Waals surface area contributed by atoms with E-state index < -0.39 is 13.4 Å². The highest BCUT2D eigenvalue weighted by Crippen LogP contribution is 2.47. The van der Waals surface area contributed by atoms with Crippen molar-refractivity contribution >= 4 is 32.0 Å². The molecule has 1 nitrogen and oxygen atoms in total. The molecule has 0 fully saturated rings. The van der Waals surface area contributed by atoms with Gasteiger partial charge in [-0.2, -0.15) is 0 Å². The second-order valence-electron chi connectivity index (χ2n) is 7.34. The highest BCUT2D eigenvalue weighted by molar-refractivity contribution is 6.82. The van der Waals surface area contributed by atoms with Crippen LogP contribution in [-0.4, -0.2) is 19.0 Å². The van der Waals surface area contributed by atoms with Crippen molar-refractivity contribution in [3.8, 4) is 0 Å². The van der Waals surface area contributed by atoms with Crippen molar-refractivity contribution < 1.29 is 0 Å². The Kier molecular flexibility index (Phi) is 4.59. The Morgan fingerprint density at radius 1 is 1.24 bits per heavy atom. The Morgan fingerprint density at radius 2 is 1.81 bits per heavy atom. The predicted molar refractivity (Wildman–Crippen MR) is 96.2 cm³/mol. The summed E-state index contributed by atoms with van der Waals surface area (Å²) in [4.78, 5) is 0. The molecule has 0 aromatic carbocycles. The molecule has 2 rings (SSSR count). The monoisotopic (exact) mass is 342 g/mol. The average molecular weight is 343 g/mol. The lowest BCUT2D eigenvalue weighted by molar-refractivity contribution is 0.410. The van der Waals surface area contributed by atoms with E-state index in [-0.39, 0.29) is 5.54 Å². The van der Waals surface area contributed by atoms with Gasteiger partial charge < -0.3 is 0 Å². The van der Waals surface area contributed by atoms with Gasteiger partial charge in [0, 0.05) is 10.6 Å². The minimum atomic E-state index is -1.00.